The predicted molar refractivity (Wildman–Crippen MR) is 54.9 cm³/mol. The molecule has 1 heterocycles. The highest BCUT2D eigenvalue weighted by molar-refractivity contribution is 4.99. The van der Waals surface area contributed by atoms with Crippen LogP contribution in [0.25, 0.3) is 0 Å². The predicted octanol–water partition coefficient (Wildman–Crippen LogP) is 0.558. The number of nitrogens with zero attached hydrogens (tertiary/aromatic N) is 4. The van der Waals surface area contributed by atoms with E-state index in [1.807, 2.05) is 14.1 Å². The molecule has 14 heavy (non-hydrogen) atoms. The molecular weight excluding hydrogens is 178 g/mol. The second-order valence-electron chi connectivity index (χ2n) is 4.01. The Balaban J connectivity index is 2.94. The third-order valence-electron chi connectivity index (χ3n) is 2.66. The fourth-order valence-corrected chi connectivity index (χ4v) is 1.80. The molecule has 0 saturated carbocycles. The zero-order valence-corrected chi connectivity index (χ0v) is 9.52. The molecule has 0 fully saturated rings. The lowest BCUT2D eigenvalue weighted by Crippen LogP contribution is -2.33. The summed E-state index contributed by atoms with van der Waals surface area (Å²) in [5.41, 5.74) is 0. The molecule has 2 unspecified atom stereocenters. The molecule has 0 radical (unpaired) electrons. The maximum Gasteiger partial charge on any atom is 0.155 e. The molecule has 0 aliphatic rings. The van der Waals surface area contributed by atoms with Gasteiger partial charge in [0.25, 0.3) is 0 Å². The van der Waals surface area contributed by atoms with Crippen LogP contribution in [0.3, 0.4) is 0 Å². The van der Waals surface area contributed by atoms with E-state index in [0.29, 0.717) is 17.9 Å². The topological polar surface area (TPSA) is 55.6 Å². The van der Waals surface area contributed by atoms with Crippen molar-refractivity contribution in [1.29, 1.82) is 0 Å². The van der Waals surface area contributed by atoms with Crippen molar-refractivity contribution in [2.75, 3.05) is 7.05 Å². The highest BCUT2D eigenvalue weighted by Crippen LogP contribution is 2.25. The Morgan fingerprint density at radius 1 is 1.29 bits per heavy atom. The molecule has 1 N–H and O–H groups in total. The van der Waals surface area contributed by atoms with Crippen molar-refractivity contribution in [3.63, 3.8) is 0 Å². The van der Waals surface area contributed by atoms with Gasteiger partial charge >= 0.3 is 0 Å². The van der Waals surface area contributed by atoms with Crippen LogP contribution >= 0.6 is 0 Å². The molecule has 0 aliphatic carbocycles. The van der Waals surface area contributed by atoms with Crippen LogP contribution in [-0.4, -0.2) is 33.3 Å². The van der Waals surface area contributed by atoms with Gasteiger partial charge in [-0.2, -0.15) is 0 Å². The molecule has 1 aromatic rings. The molecule has 80 valence electrons. The van der Waals surface area contributed by atoms with Gasteiger partial charge in [0.2, 0.25) is 0 Å². The second kappa shape index (κ2) is 4.50. The Morgan fingerprint density at radius 2 is 1.93 bits per heavy atom. The smallest absolute Gasteiger partial charge is 0.155 e. The lowest BCUT2D eigenvalue weighted by molar-refractivity contribution is 0.369. The zero-order valence-electron chi connectivity index (χ0n) is 9.52. The standard InChI is InChI=1S/C9H19N5/c1-6(2)8(7(3)10-4)9-11-12-13-14(9)5/h6-8,10H,1-5H3. The Bertz CT molecular complexity index is 280. The number of rotatable bonds is 4. The Morgan fingerprint density at radius 3 is 2.29 bits per heavy atom. The Hall–Kier alpha value is -0.970. The van der Waals surface area contributed by atoms with E-state index in [1.165, 1.54) is 0 Å². The van der Waals surface area contributed by atoms with Crippen molar-refractivity contribution in [1.82, 2.24) is 25.5 Å². The van der Waals surface area contributed by atoms with E-state index in [9.17, 15) is 0 Å². The summed E-state index contributed by atoms with van der Waals surface area (Å²) in [5.74, 6) is 1.81. The number of hydrogen-bond donors (Lipinski definition) is 1. The van der Waals surface area contributed by atoms with Crippen molar-refractivity contribution in [2.45, 2.75) is 32.7 Å². The Kier molecular flexibility index (Phi) is 3.57. The van der Waals surface area contributed by atoms with Crippen LogP contribution in [0.2, 0.25) is 0 Å². The van der Waals surface area contributed by atoms with Crippen molar-refractivity contribution in [3.8, 4) is 0 Å². The molecule has 0 aliphatic heterocycles. The van der Waals surface area contributed by atoms with Crippen LogP contribution in [0.5, 0.6) is 0 Å². The molecule has 0 spiro atoms. The third kappa shape index (κ3) is 2.09. The molecule has 2 atom stereocenters. The molecule has 5 heteroatoms. The minimum Gasteiger partial charge on any atom is -0.317 e. The van der Waals surface area contributed by atoms with Gasteiger partial charge in [-0.25, -0.2) is 4.68 Å². The van der Waals surface area contributed by atoms with E-state index in [0.717, 1.165) is 5.82 Å². The van der Waals surface area contributed by atoms with E-state index in [-0.39, 0.29) is 0 Å². The van der Waals surface area contributed by atoms with Gasteiger partial charge < -0.3 is 5.32 Å². The van der Waals surface area contributed by atoms with Gasteiger partial charge in [0, 0.05) is 19.0 Å². The number of nitrogens with one attached hydrogen (secondary N) is 1. The van der Waals surface area contributed by atoms with E-state index in [1.54, 1.807) is 4.68 Å². The van der Waals surface area contributed by atoms with Crippen molar-refractivity contribution >= 4 is 0 Å². The number of hydrogen-bond acceptors (Lipinski definition) is 4. The summed E-state index contributed by atoms with van der Waals surface area (Å²) in [7, 11) is 3.84. The monoisotopic (exact) mass is 197 g/mol. The van der Waals surface area contributed by atoms with Gasteiger partial charge in [0.1, 0.15) is 0 Å². The second-order valence-corrected chi connectivity index (χ2v) is 4.01. The summed E-state index contributed by atoms with van der Waals surface area (Å²) in [4.78, 5) is 0. The third-order valence-corrected chi connectivity index (χ3v) is 2.66. The van der Waals surface area contributed by atoms with Gasteiger partial charge in [-0.1, -0.05) is 13.8 Å². The van der Waals surface area contributed by atoms with E-state index >= 15 is 0 Å². The first-order valence-electron chi connectivity index (χ1n) is 4.97. The largest absolute Gasteiger partial charge is 0.317 e. The average Bonchev–Trinajstić information content (AvgIpc) is 2.52. The fourth-order valence-electron chi connectivity index (χ4n) is 1.80. The maximum atomic E-state index is 4.07. The van der Waals surface area contributed by atoms with Gasteiger partial charge in [-0.15, -0.1) is 5.10 Å². The molecule has 1 rings (SSSR count). The number of likely N-dealkylation sites (N-methyl/N-ethyl adjacent to an activating group) is 1. The van der Waals surface area contributed by atoms with Crippen molar-refractivity contribution in [3.05, 3.63) is 5.82 Å². The van der Waals surface area contributed by atoms with Crippen LogP contribution in [0.15, 0.2) is 0 Å². The minimum absolute atomic E-state index is 0.347. The first-order chi connectivity index (χ1) is 6.57. The SMILES string of the molecule is CNC(C)C(c1nnnn1C)C(C)C. The van der Waals surface area contributed by atoms with E-state index in [4.69, 9.17) is 0 Å². The Labute approximate surface area is 84.9 Å². The maximum absolute atomic E-state index is 4.07. The van der Waals surface area contributed by atoms with Crippen LogP contribution in [0.1, 0.15) is 32.5 Å². The minimum atomic E-state index is 0.347. The summed E-state index contributed by atoms with van der Waals surface area (Å²) in [6.07, 6.45) is 0. The molecule has 0 bridgehead atoms. The molecule has 5 nitrogen and oxygen atoms in total. The lowest BCUT2D eigenvalue weighted by atomic mass is 9.88. The summed E-state index contributed by atoms with van der Waals surface area (Å²) >= 11 is 0. The number of aryl methyl sites for hydroxylation is 1. The molecular formula is C9H19N5. The van der Waals surface area contributed by atoms with Crippen molar-refractivity contribution in [2.24, 2.45) is 13.0 Å². The van der Waals surface area contributed by atoms with Gasteiger partial charge in [-0.05, 0) is 30.3 Å². The van der Waals surface area contributed by atoms with Gasteiger partial charge in [-0.3, -0.25) is 0 Å². The zero-order chi connectivity index (χ0) is 10.7. The number of aromatic nitrogens is 4. The van der Waals surface area contributed by atoms with Crippen molar-refractivity contribution < 1.29 is 0 Å². The summed E-state index contributed by atoms with van der Waals surface area (Å²) in [5, 5.41) is 14.9. The molecule has 0 aromatic carbocycles. The molecule has 0 saturated heterocycles. The first kappa shape index (κ1) is 11.1. The molecule has 0 amide bonds. The quantitative estimate of drug-likeness (QED) is 0.766. The lowest BCUT2D eigenvalue weighted by Gasteiger charge is -2.25. The highest BCUT2D eigenvalue weighted by atomic mass is 15.5. The summed E-state index contributed by atoms with van der Waals surface area (Å²) < 4.78 is 1.75. The average molecular weight is 197 g/mol. The number of tetrazole rings is 1. The van der Waals surface area contributed by atoms with E-state index < -0.39 is 0 Å². The van der Waals surface area contributed by atoms with Crippen LogP contribution in [-0.2, 0) is 7.05 Å². The normalized spacial score (nSPS) is 15.9. The fraction of sp³-hybridized carbons (Fsp3) is 0.889. The van der Waals surface area contributed by atoms with Gasteiger partial charge in [0.15, 0.2) is 5.82 Å². The van der Waals surface area contributed by atoms with Crippen LogP contribution in [0.4, 0.5) is 0 Å². The summed E-state index contributed by atoms with van der Waals surface area (Å²) in [6.45, 7) is 6.53. The van der Waals surface area contributed by atoms with Crippen LogP contribution in [0, 0.1) is 5.92 Å². The van der Waals surface area contributed by atoms with Gasteiger partial charge in [0.05, 0.1) is 0 Å². The highest BCUT2D eigenvalue weighted by Gasteiger charge is 2.26. The first-order valence-corrected chi connectivity index (χ1v) is 4.97. The summed E-state index contributed by atoms with van der Waals surface area (Å²) in [6, 6.07) is 0.375. The van der Waals surface area contributed by atoms with Crippen LogP contribution < -0.4 is 5.32 Å². The van der Waals surface area contributed by atoms with E-state index in [2.05, 4.69) is 41.6 Å². The molecule has 1 aromatic heterocycles.